The van der Waals surface area contributed by atoms with Gasteiger partial charge >= 0.3 is 0 Å². The minimum atomic E-state index is 0.192. The van der Waals surface area contributed by atoms with E-state index in [0.717, 1.165) is 39.0 Å². The lowest BCUT2D eigenvalue weighted by Crippen LogP contribution is -2.49. The van der Waals surface area contributed by atoms with Gasteiger partial charge < -0.3 is 15.4 Å². The summed E-state index contributed by atoms with van der Waals surface area (Å²) in [4.78, 5) is 11.0. The Balaban J connectivity index is 1.73. The van der Waals surface area contributed by atoms with Crippen molar-refractivity contribution in [2.75, 3.05) is 19.8 Å². The molecule has 15 heavy (non-hydrogen) atoms. The first-order chi connectivity index (χ1) is 7.34. The molecule has 0 aromatic heterocycles. The highest BCUT2D eigenvalue weighted by Crippen LogP contribution is 2.11. The summed E-state index contributed by atoms with van der Waals surface area (Å²) in [6.45, 7) is 2.56. The van der Waals surface area contributed by atoms with Gasteiger partial charge in [-0.15, -0.1) is 0 Å². The quantitative estimate of drug-likeness (QED) is 0.697. The minimum Gasteiger partial charge on any atom is -0.381 e. The molecule has 2 fully saturated rings. The molecule has 0 aromatic rings. The minimum absolute atomic E-state index is 0.192. The van der Waals surface area contributed by atoms with E-state index in [0.29, 0.717) is 18.5 Å². The summed E-state index contributed by atoms with van der Waals surface area (Å²) in [6, 6.07) is 1.04. The van der Waals surface area contributed by atoms with Crippen LogP contribution in [0.1, 0.15) is 32.1 Å². The Morgan fingerprint density at radius 3 is 2.93 bits per heavy atom. The number of rotatable bonds is 2. The fourth-order valence-electron chi connectivity index (χ4n) is 2.28. The maximum absolute atomic E-state index is 11.0. The van der Waals surface area contributed by atoms with E-state index in [1.165, 1.54) is 6.42 Å². The number of carbonyl (C=O) groups excluding carboxylic acids is 1. The van der Waals surface area contributed by atoms with Gasteiger partial charge in [0.1, 0.15) is 0 Å². The van der Waals surface area contributed by atoms with Gasteiger partial charge in [-0.3, -0.25) is 4.79 Å². The van der Waals surface area contributed by atoms with Gasteiger partial charge in [0.2, 0.25) is 5.91 Å². The van der Waals surface area contributed by atoms with Crippen LogP contribution in [0.15, 0.2) is 0 Å². The third-order valence-electron chi connectivity index (χ3n) is 3.19. The van der Waals surface area contributed by atoms with Crippen LogP contribution in [0.5, 0.6) is 0 Å². The largest absolute Gasteiger partial charge is 0.381 e. The van der Waals surface area contributed by atoms with Gasteiger partial charge in [-0.1, -0.05) is 0 Å². The lowest BCUT2D eigenvalue weighted by molar-refractivity contribution is -0.122. The van der Waals surface area contributed by atoms with Gasteiger partial charge in [0.15, 0.2) is 0 Å². The monoisotopic (exact) mass is 212 g/mol. The first-order valence-electron chi connectivity index (χ1n) is 5.95. The summed E-state index contributed by atoms with van der Waals surface area (Å²) in [5, 5.41) is 6.53. The molecule has 2 aliphatic heterocycles. The molecule has 0 aliphatic carbocycles. The second-order valence-electron chi connectivity index (χ2n) is 4.45. The van der Waals surface area contributed by atoms with Crippen LogP contribution in [-0.4, -0.2) is 37.7 Å². The molecule has 1 amide bonds. The normalized spacial score (nSPS) is 33.2. The Hall–Kier alpha value is -0.610. The molecule has 2 atom stereocenters. The van der Waals surface area contributed by atoms with Crippen LogP contribution in [-0.2, 0) is 9.53 Å². The maximum atomic E-state index is 11.0. The zero-order valence-electron chi connectivity index (χ0n) is 9.13. The molecular weight excluding hydrogens is 192 g/mol. The van der Waals surface area contributed by atoms with Crippen LogP contribution in [0, 0.1) is 0 Å². The Morgan fingerprint density at radius 2 is 2.13 bits per heavy atom. The topological polar surface area (TPSA) is 50.4 Å². The van der Waals surface area contributed by atoms with E-state index in [4.69, 9.17) is 4.74 Å². The highest BCUT2D eigenvalue weighted by molar-refractivity contribution is 5.76. The van der Waals surface area contributed by atoms with Gasteiger partial charge in [-0.25, -0.2) is 0 Å². The Bertz CT molecular complexity index is 203. The molecule has 2 rings (SSSR count). The van der Waals surface area contributed by atoms with Crippen molar-refractivity contribution in [2.24, 2.45) is 0 Å². The van der Waals surface area contributed by atoms with Crippen LogP contribution in [0.25, 0.3) is 0 Å². The van der Waals surface area contributed by atoms with Gasteiger partial charge in [-0.2, -0.15) is 0 Å². The predicted molar refractivity (Wildman–Crippen MR) is 57.6 cm³/mol. The van der Waals surface area contributed by atoms with E-state index in [9.17, 15) is 4.79 Å². The summed E-state index contributed by atoms with van der Waals surface area (Å²) in [5.41, 5.74) is 0. The highest BCUT2D eigenvalue weighted by atomic mass is 16.5. The summed E-state index contributed by atoms with van der Waals surface area (Å²) >= 11 is 0. The third kappa shape index (κ3) is 3.47. The van der Waals surface area contributed by atoms with Gasteiger partial charge in [0, 0.05) is 38.3 Å². The van der Waals surface area contributed by atoms with Crippen molar-refractivity contribution in [3.05, 3.63) is 0 Å². The average Bonchev–Trinajstić information content (AvgIpc) is 2.50. The molecule has 0 spiro atoms. The van der Waals surface area contributed by atoms with E-state index >= 15 is 0 Å². The SMILES string of the molecule is O=C1CCC(NC2CCCOCC2)CN1. The van der Waals surface area contributed by atoms with Crippen LogP contribution >= 0.6 is 0 Å². The van der Waals surface area contributed by atoms with Crippen LogP contribution in [0.2, 0.25) is 0 Å². The molecule has 0 aromatic carbocycles. The van der Waals surface area contributed by atoms with Gasteiger partial charge in [0.25, 0.3) is 0 Å². The molecule has 0 radical (unpaired) electrons. The summed E-state index contributed by atoms with van der Waals surface area (Å²) in [7, 11) is 0. The predicted octanol–water partition coefficient (Wildman–Crippen LogP) is 0.424. The molecule has 2 N–H and O–H groups in total. The smallest absolute Gasteiger partial charge is 0.220 e. The molecule has 0 bridgehead atoms. The third-order valence-corrected chi connectivity index (χ3v) is 3.19. The van der Waals surface area contributed by atoms with E-state index < -0.39 is 0 Å². The average molecular weight is 212 g/mol. The van der Waals surface area contributed by atoms with Crippen molar-refractivity contribution >= 4 is 5.91 Å². The van der Waals surface area contributed by atoms with Crippen LogP contribution in [0.3, 0.4) is 0 Å². The standard InChI is InChI=1S/C11H20N2O2/c14-11-4-3-10(8-12-11)13-9-2-1-6-15-7-5-9/h9-10,13H,1-8H2,(H,12,14). The maximum Gasteiger partial charge on any atom is 0.220 e. The molecule has 2 unspecified atom stereocenters. The fraction of sp³-hybridized carbons (Fsp3) is 0.909. The molecule has 86 valence electrons. The number of piperidine rings is 1. The second kappa shape index (κ2) is 5.47. The number of nitrogens with one attached hydrogen (secondary N) is 2. The van der Waals surface area contributed by atoms with Crippen LogP contribution < -0.4 is 10.6 Å². The van der Waals surface area contributed by atoms with Gasteiger partial charge in [0.05, 0.1) is 0 Å². The first-order valence-corrected chi connectivity index (χ1v) is 5.95. The number of hydrogen-bond acceptors (Lipinski definition) is 3. The Labute approximate surface area is 90.8 Å². The van der Waals surface area contributed by atoms with Crippen molar-refractivity contribution in [1.82, 2.24) is 10.6 Å². The molecular formula is C11H20N2O2. The van der Waals surface area contributed by atoms with E-state index in [2.05, 4.69) is 10.6 Å². The van der Waals surface area contributed by atoms with E-state index in [1.807, 2.05) is 0 Å². The number of carbonyl (C=O) groups is 1. The molecule has 2 heterocycles. The zero-order chi connectivity index (χ0) is 10.5. The summed E-state index contributed by atoms with van der Waals surface area (Å²) < 4.78 is 5.42. The summed E-state index contributed by atoms with van der Waals surface area (Å²) in [5.74, 6) is 0.192. The Morgan fingerprint density at radius 1 is 1.20 bits per heavy atom. The fourth-order valence-corrected chi connectivity index (χ4v) is 2.28. The number of ether oxygens (including phenoxy) is 1. The molecule has 4 heteroatoms. The van der Waals surface area contributed by atoms with E-state index in [-0.39, 0.29) is 5.91 Å². The zero-order valence-corrected chi connectivity index (χ0v) is 9.13. The second-order valence-corrected chi connectivity index (χ2v) is 4.45. The van der Waals surface area contributed by atoms with Crippen molar-refractivity contribution in [1.29, 1.82) is 0 Å². The molecule has 0 saturated carbocycles. The van der Waals surface area contributed by atoms with Gasteiger partial charge in [-0.05, 0) is 25.7 Å². The summed E-state index contributed by atoms with van der Waals surface area (Å²) in [6.07, 6.45) is 5.09. The Kier molecular flexibility index (Phi) is 3.97. The van der Waals surface area contributed by atoms with Crippen molar-refractivity contribution in [3.63, 3.8) is 0 Å². The van der Waals surface area contributed by atoms with Crippen molar-refractivity contribution < 1.29 is 9.53 Å². The van der Waals surface area contributed by atoms with Crippen LogP contribution in [0.4, 0.5) is 0 Å². The highest BCUT2D eigenvalue weighted by Gasteiger charge is 2.21. The van der Waals surface area contributed by atoms with Crippen molar-refractivity contribution in [2.45, 2.75) is 44.2 Å². The van der Waals surface area contributed by atoms with Crippen molar-refractivity contribution in [3.8, 4) is 0 Å². The lowest BCUT2D eigenvalue weighted by atomic mass is 10.0. The number of amides is 1. The number of hydrogen-bond donors (Lipinski definition) is 2. The molecule has 2 saturated heterocycles. The molecule has 4 nitrogen and oxygen atoms in total. The lowest BCUT2D eigenvalue weighted by Gasteiger charge is -2.27. The first kappa shape index (κ1) is 10.9. The molecule has 2 aliphatic rings. The van der Waals surface area contributed by atoms with E-state index in [1.54, 1.807) is 0 Å².